The maximum Gasteiger partial charge on any atom is 0.0162 e. The molecule has 0 radical (unpaired) electrons. The summed E-state index contributed by atoms with van der Waals surface area (Å²) in [5.74, 6) is 0. The van der Waals surface area contributed by atoms with Gasteiger partial charge >= 0.3 is 0 Å². The van der Waals surface area contributed by atoms with Gasteiger partial charge in [-0.15, -0.1) is 0 Å². The first kappa shape index (κ1) is 11.7. The molecule has 80 valence electrons. The zero-order valence-corrected chi connectivity index (χ0v) is 9.80. The summed E-state index contributed by atoms with van der Waals surface area (Å²) in [4.78, 5) is 0. The van der Waals surface area contributed by atoms with Crippen molar-refractivity contribution in [3.05, 3.63) is 53.6 Å². The first-order valence-electron chi connectivity index (χ1n) is 5.22. The summed E-state index contributed by atoms with van der Waals surface area (Å²) in [6.45, 7) is 9.24. The molecule has 0 aliphatic rings. The number of benzene rings is 1. The van der Waals surface area contributed by atoms with Crippen molar-refractivity contribution < 1.29 is 0 Å². The van der Waals surface area contributed by atoms with Gasteiger partial charge in [-0.3, -0.25) is 0 Å². The summed E-state index contributed by atoms with van der Waals surface area (Å²) in [5, 5.41) is 3.13. The van der Waals surface area contributed by atoms with E-state index in [2.05, 4.69) is 56.1 Å². The summed E-state index contributed by atoms with van der Waals surface area (Å²) in [5.41, 5.74) is 4.88. The molecule has 1 aromatic rings. The molecule has 0 atom stereocenters. The Bertz CT molecular complexity index is 375. The summed E-state index contributed by atoms with van der Waals surface area (Å²) < 4.78 is 0. The molecular weight excluding hydrogens is 182 g/mol. The predicted molar refractivity (Wildman–Crippen MR) is 67.9 cm³/mol. The van der Waals surface area contributed by atoms with Gasteiger partial charge in [0.2, 0.25) is 0 Å². The van der Waals surface area contributed by atoms with Crippen molar-refractivity contribution in [2.75, 3.05) is 13.6 Å². The Morgan fingerprint density at radius 2 is 2.07 bits per heavy atom. The van der Waals surface area contributed by atoms with Crippen molar-refractivity contribution in [2.24, 2.45) is 0 Å². The number of nitrogens with one attached hydrogen (secondary N) is 1. The zero-order chi connectivity index (χ0) is 11.3. The van der Waals surface area contributed by atoms with Crippen molar-refractivity contribution >= 4 is 5.57 Å². The van der Waals surface area contributed by atoms with Crippen LogP contribution in [0.5, 0.6) is 0 Å². The monoisotopic (exact) mass is 201 g/mol. The van der Waals surface area contributed by atoms with Gasteiger partial charge in [-0.25, -0.2) is 0 Å². The lowest BCUT2D eigenvalue weighted by molar-refractivity contribution is 0.880. The average molecular weight is 201 g/mol. The van der Waals surface area contributed by atoms with Gasteiger partial charge in [0, 0.05) is 6.54 Å². The van der Waals surface area contributed by atoms with E-state index in [0.29, 0.717) is 0 Å². The Labute approximate surface area is 92.5 Å². The minimum absolute atomic E-state index is 0.908. The second-order valence-corrected chi connectivity index (χ2v) is 3.86. The van der Waals surface area contributed by atoms with Gasteiger partial charge in [-0.2, -0.15) is 0 Å². The van der Waals surface area contributed by atoms with Gasteiger partial charge in [0.25, 0.3) is 0 Å². The normalized spacial score (nSPS) is 11.5. The molecule has 0 amide bonds. The van der Waals surface area contributed by atoms with E-state index < -0.39 is 0 Å². The molecule has 1 aromatic carbocycles. The number of aryl methyl sites for hydroxylation is 1. The topological polar surface area (TPSA) is 12.0 Å². The predicted octanol–water partition coefficient (Wildman–Crippen LogP) is 3.17. The van der Waals surface area contributed by atoms with Gasteiger partial charge in [0.15, 0.2) is 0 Å². The zero-order valence-electron chi connectivity index (χ0n) is 9.80. The highest BCUT2D eigenvalue weighted by Crippen LogP contribution is 2.18. The van der Waals surface area contributed by atoms with E-state index in [1.807, 2.05) is 7.05 Å². The lowest BCUT2D eigenvalue weighted by Gasteiger charge is -2.06. The molecule has 0 unspecified atom stereocenters. The molecule has 1 heteroatoms. The molecule has 1 N–H and O–H groups in total. The quantitative estimate of drug-likeness (QED) is 0.738. The van der Waals surface area contributed by atoms with E-state index in [1.54, 1.807) is 0 Å². The van der Waals surface area contributed by atoms with E-state index in [4.69, 9.17) is 0 Å². The second-order valence-electron chi connectivity index (χ2n) is 3.86. The molecule has 0 spiro atoms. The van der Waals surface area contributed by atoms with Crippen LogP contribution >= 0.6 is 0 Å². The number of allylic oxidation sites excluding steroid dienone is 2. The van der Waals surface area contributed by atoms with E-state index >= 15 is 0 Å². The van der Waals surface area contributed by atoms with Crippen LogP contribution in [-0.4, -0.2) is 13.6 Å². The molecule has 1 nitrogen and oxygen atoms in total. The molecule has 0 saturated carbocycles. The molecule has 0 heterocycles. The van der Waals surface area contributed by atoms with Crippen molar-refractivity contribution in [1.82, 2.24) is 5.32 Å². The lowest BCUT2D eigenvalue weighted by Crippen LogP contribution is -2.08. The number of rotatable bonds is 4. The van der Waals surface area contributed by atoms with Gasteiger partial charge in [0.05, 0.1) is 0 Å². The fourth-order valence-electron chi connectivity index (χ4n) is 1.64. The largest absolute Gasteiger partial charge is 0.316 e. The molecule has 0 aromatic heterocycles. The van der Waals surface area contributed by atoms with Crippen LogP contribution in [0.25, 0.3) is 5.57 Å². The van der Waals surface area contributed by atoms with Gasteiger partial charge < -0.3 is 5.32 Å². The van der Waals surface area contributed by atoms with Crippen LogP contribution in [0, 0.1) is 6.92 Å². The van der Waals surface area contributed by atoms with Gasteiger partial charge in [-0.05, 0) is 37.6 Å². The number of likely N-dealkylation sites (N-methyl/N-ethyl adjacent to an activating group) is 1. The molecule has 0 bridgehead atoms. The standard InChI is InChI=1S/C14H19N/c1-11(10-15-4)9-13(3)14-8-6-5-7-12(14)2/h5-9,15H,3,10H2,1-2,4H3/b11-9+. The summed E-state index contributed by atoms with van der Waals surface area (Å²) >= 11 is 0. The highest BCUT2D eigenvalue weighted by molar-refractivity contribution is 5.74. The van der Waals surface area contributed by atoms with Crippen molar-refractivity contribution in [3.63, 3.8) is 0 Å². The Balaban J connectivity index is 2.86. The van der Waals surface area contributed by atoms with Gasteiger partial charge in [-0.1, -0.05) is 42.5 Å². The minimum atomic E-state index is 0.908. The maximum absolute atomic E-state index is 4.10. The van der Waals surface area contributed by atoms with Gasteiger partial charge in [0.1, 0.15) is 0 Å². The minimum Gasteiger partial charge on any atom is -0.316 e. The Morgan fingerprint density at radius 1 is 1.40 bits per heavy atom. The van der Waals surface area contributed by atoms with E-state index in [0.717, 1.165) is 12.1 Å². The average Bonchev–Trinajstić information content (AvgIpc) is 2.18. The summed E-state index contributed by atoms with van der Waals surface area (Å²) in [6, 6.07) is 8.33. The molecule has 0 saturated heterocycles. The molecule has 0 fully saturated rings. The third-order valence-corrected chi connectivity index (χ3v) is 2.37. The van der Waals surface area contributed by atoms with Crippen molar-refractivity contribution in [1.29, 1.82) is 0 Å². The number of hydrogen-bond acceptors (Lipinski definition) is 1. The van der Waals surface area contributed by atoms with Crippen LogP contribution in [-0.2, 0) is 0 Å². The lowest BCUT2D eigenvalue weighted by atomic mass is 10.0. The fourth-order valence-corrected chi connectivity index (χ4v) is 1.64. The van der Waals surface area contributed by atoms with Crippen LogP contribution in [0.4, 0.5) is 0 Å². The van der Waals surface area contributed by atoms with E-state index in [1.165, 1.54) is 16.7 Å². The SMILES string of the molecule is C=C(/C=C(\C)CNC)c1ccccc1C. The Morgan fingerprint density at radius 3 is 2.67 bits per heavy atom. The van der Waals surface area contributed by atoms with E-state index in [9.17, 15) is 0 Å². The smallest absolute Gasteiger partial charge is 0.0162 e. The number of hydrogen-bond donors (Lipinski definition) is 1. The first-order valence-corrected chi connectivity index (χ1v) is 5.22. The maximum atomic E-state index is 4.10. The van der Waals surface area contributed by atoms with Crippen molar-refractivity contribution in [2.45, 2.75) is 13.8 Å². The van der Waals surface area contributed by atoms with Crippen molar-refractivity contribution in [3.8, 4) is 0 Å². The van der Waals surface area contributed by atoms with E-state index in [-0.39, 0.29) is 0 Å². The third kappa shape index (κ3) is 3.37. The van der Waals surface area contributed by atoms with Crippen LogP contribution in [0.15, 0.2) is 42.5 Å². The molecule has 15 heavy (non-hydrogen) atoms. The Kier molecular flexibility index (Phi) is 4.32. The molecular formula is C14H19N. The summed E-state index contributed by atoms with van der Waals surface area (Å²) in [6.07, 6.45) is 2.14. The molecule has 0 aliphatic carbocycles. The molecule has 1 rings (SSSR count). The third-order valence-electron chi connectivity index (χ3n) is 2.37. The summed E-state index contributed by atoms with van der Waals surface area (Å²) in [7, 11) is 1.95. The Hall–Kier alpha value is -1.34. The van der Waals surface area contributed by atoms with Crippen LogP contribution < -0.4 is 5.32 Å². The highest BCUT2D eigenvalue weighted by atomic mass is 14.8. The molecule has 0 aliphatic heterocycles. The van der Waals surface area contributed by atoms with Crippen LogP contribution in [0.1, 0.15) is 18.1 Å². The van der Waals surface area contributed by atoms with Crippen LogP contribution in [0.3, 0.4) is 0 Å². The highest BCUT2D eigenvalue weighted by Gasteiger charge is 1.99. The fraction of sp³-hybridized carbons (Fsp3) is 0.286. The second kappa shape index (κ2) is 5.52. The van der Waals surface area contributed by atoms with Crippen LogP contribution in [0.2, 0.25) is 0 Å². The first-order chi connectivity index (χ1) is 7.15.